The Balaban J connectivity index is 2.28. The molecule has 2 rings (SSSR count). The Morgan fingerprint density at radius 3 is 2.44 bits per heavy atom. The van der Waals surface area contributed by atoms with Crippen LogP contribution in [0.5, 0.6) is 5.75 Å². The number of rotatable bonds is 2. The SMILES string of the molecule is COc1c(C)cc([C@@H]2CCCNC2)cc1C. The van der Waals surface area contributed by atoms with Crippen LogP contribution in [0.1, 0.15) is 35.4 Å². The normalized spacial score (nSPS) is 20.8. The lowest BCUT2D eigenvalue weighted by Crippen LogP contribution is -2.28. The summed E-state index contributed by atoms with van der Waals surface area (Å²) in [4.78, 5) is 0. The van der Waals surface area contributed by atoms with Crippen LogP contribution in [0.3, 0.4) is 0 Å². The Hall–Kier alpha value is -1.02. The van der Waals surface area contributed by atoms with Crippen molar-refractivity contribution >= 4 is 0 Å². The van der Waals surface area contributed by atoms with Gasteiger partial charge in [0.2, 0.25) is 0 Å². The first-order valence-electron chi connectivity index (χ1n) is 6.08. The molecule has 1 heterocycles. The molecule has 0 aromatic heterocycles. The second-order valence-electron chi connectivity index (χ2n) is 4.73. The van der Waals surface area contributed by atoms with Gasteiger partial charge in [-0.05, 0) is 55.8 Å². The van der Waals surface area contributed by atoms with Gasteiger partial charge in [-0.1, -0.05) is 12.1 Å². The maximum Gasteiger partial charge on any atom is 0.124 e. The number of nitrogens with one attached hydrogen (secondary N) is 1. The summed E-state index contributed by atoms with van der Waals surface area (Å²) in [5, 5.41) is 3.47. The fourth-order valence-corrected chi connectivity index (χ4v) is 2.68. The molecule has 0 aliphatic carbocycles. The van der Waals surface area contributed by atoms with E-state index in [2.05, 4.69) is 31.3 Å². The zero-order chi connectivity index (χ0) is 11.5. The van der Waals surface area contributed by atoms with E-state index < -0.39 is 0 Å². The largest absolute Gasteiger partial charge is 0.496 e. The second kappa shape index (κ2) is 4.88. The van der Waals surface area contributed by atoms with Crippen molar-refractivity contribution in [2.24, 2.45) is 0 Å². The van der Waals surface area contributed by atoms with Crippen LogP contribution in [0.2, 0.25) is 0 Å². The number of ether oxygens (including phenoxy) is 1. The van der Waals surface area contributed by atoms with E-state index in [9.17, 15) is 0 Å². The van der Waals surface area contributed by atoms with E-state index in [0.717, 1.165) is 12.3 Å². The van der Waals surface area contributed by atoms with Crippen molar-refractivity contribution in [3.63, 3.8) is 0 Å². The molecule has 1 aromatic rings. The monoisotopic (exact) mass is 219 g/mol. The summed E-state index contributed by atoms with van der Waals surface area (Å²) >= 11 is 0. The molecule has 1 N–H and O–H groups in total. The molecule has 0 radical (unpaired) electrons. The maximum absolute atomic E-state index is 5.40. The smallest absolute Gasteiger partial charge is 0.124 e. The highest BCUT2D eigenvalue weighted by molar-refractivity contribution is 5.44. The summed E-state index contributed by atoms with van der Waals surface area (Å²) in [6, 6.07) is 4.56. The van der Waals surface area contributed by atoms with Crippen LogP contribution in [0.4, 0.5) is 0 Å². The third-order valence-corrected chi connectivity index (χ3v) is 3.46. The molecule has 1 aliphatic heterocycles. The highest BCUT2D eigenvalue weighted by Crippen LogP contribution is 2.30. The molecule has 0 amide bonds. The molecule has 1 aromatic carbocycles. The van der Waals surface area contributed by atoms with Crippen molar-refractivity contribution in [1.29, 1.82) is 0 Å². The lowest BCUT2D eigenvalue weighted by molar-refractivity contribution is 0.407. The van der Waals surface area contributed by atoms with Crippen LogP contribution in [0.15, 0.2) is 12.1 Å². The third kappa shape index (κ3) is 2.22. The Labute approximate surface area is 98.0 Å². The molecule has 1 aliphatic rings. The van der Waals surface area contributed by atoms with Gasteiger partial charge in [-0.25, -0.2) is 0 Å². The van der Waals surface area contributed by atoms with Crippen molar-refractivity contribution in [2.45, 2.75) is 32.6 Å². The Bertz CT molecular complexity index is 344. The Morgan fingerprint density at radius 2 is 1.94 bits per heavy atom. The summed E-state index contributed by atoms with van der Waals surface area (Å²) in [7, 11) is 1.75. The quantitative estimate of drug-likeness (QED) is 0.826. The van der Waals surface area contributed by atoms with Crippen LogP contribution in [-0.4, -0.2) is 20.2 Å². The van der Waals surface area contributed by atoms with Gasteiger partial charge in [0.05, 0.1) is 7.11 Å². The number of hydrogen-bond acceptors (Lipinski definition) is 2. The topological polar surface area (TPSA) is 21.3 Å². The first kappa shape index (κ1) is 11.5. The van der Waals surface area contributed by atoms with Gasteiger partial charge < -0.3 is 10.1 Å². The van der Waals surface area contributed by atoms with Crippen molar-refractivity contribution in [3.05, 3.63) is 28.8 Å². The fourth-order valence-electron chi connectivity index (χ4n) is 2.68. The molecule has 0 unspecified atom stereocenters. The first-order chi connectivity index (χ1) is 7.72. The van der Waals surface area contributed by atoms with E-state index in [0.29, 0.717) is 5.92 Å². The average Bonchev–Trinajstić information content (AvgIpc) is 2.30. The van der Waals surface area contributed by atoms with Crippen LogP contribution in [0, 0.1) is 13.8 Å². The summed E-state index contributed by atoms with van der Waals surface area (Å²) < 4.78 is 5.40. The van der Waals surface area contributed by atoms with Crippen LogP contribution < -0.4 is 10.1 Å². The molecule has 1 saturated heterocycles. The molecule has 0 bridgehead atoms. The first-order valence-corrected chi connectivity index (χ1v) is 6.08. The van der Waals surface area contributed by atoms with E-state index in [4.69, 9.17) is 4.74 Å². The van der Waals surface area contributed by atoms with Crippen LogP contribution >= 0.6 is 0 Å². The molecule has 1 fully saturated rings. The van der Waals surface area contributed by atoms with Crippen LogP contribution in [-0.2, 0) is 0 Å². The highest BCUT2D eigenvalue weighted by atomic mass is 16.5. The van der Waals surface area contributed by atoms with Gasteiger partial charge in [-0.3, -0.25) is 0 Å². The average molecular weight is 219 g/mol. The van der Waals surface area contributed by atoms with Gasteiger partial charge in [-0.2, -0.15) is 0 Å². The lowest BCUT2D eigenvalue weighted by atomic mass is 9.89. The minimum absolute atomic E-state index is 0.678. The van der Waals surface area contributed by atoms with Gasteiger partial charge >= 0.3 is 0 Å². The van der Waals surface area contributed by atoms with E-state index >= 15 is 0 Å². The second-order valence-corrected chi connectivity index (χ2v) is 4.73. The van der Waals surface area contributed by atoms with Crippen molar-refractivity contribution < 1.29 is 4.74 Å². The van der Waals surface area contributed by atoms with E-state index in [1.54, 1.807) is 7.11 Å². The minimum Gasteiger partial charge on any atom is -0.496 e. The van der Waals surface area contributed by atoms with E-state index in [-0.39, 0.29) is 0 Å². The molecule has 16 heavy (non-hydrogen) atoms. The number of aryl methyl sites for hydroxylation is 2. The molecular formula is C14H21NO. The molecule has 2 heteroatoms. The molecular weight excluding hydrogens is 198 g/mol. The molecule has 0 spiro atoms. The van der Waals surface area contributed by atoms with Gasteiger partial charge in [0.25, 0.3) is 0 Å². The fraction of sp³-hybridized carbons (Fsp3) is 0.571. The Kier molecular flexibility index (Phi) is 3.49. The van der Waals surface area contributed by atoms with E-state index in [1.165, 1.54) is 36.1 Å². The van der Waals surface area contributed by atoms with Crippen molar-refractivity contribution in [3.8, 4) is 5.75 Å². The highest BCUT2D eigenvalue weighted by Gasteiger charge is 2.16. The van der Waals surface area contributed by atoms with E-state index in [1.807, 2.05) is 0 Å². The molecule has 1 atom stereocenters. The van der Waals surface area contributed by atoms with Gasteiger partial charge in [-0.15, -0.1) is 0 Å². The number of hydrogen-bond donors (Lipinski definition) is 1. The third-order valence-electron chi connectivity index (χ3n) is 3.46. The number of piperidine rings is 1. The van der Waals surface area contributed by atoms with Gasteiger partial charge in [0, 0.05) is 6.54 Å². The predicted molar refractivity (Wildman–Crippen MR) is 67.3 cm³/mol. The van der Waals surface area contributed by atoms with Crippen LogP contribution in [0.25, 0.3) is 0 Å². The van der Waals surface area contributed by atoms with Gasteiger partial charge in [0.15, 0.2) is 0 Å². The van der Waals surface area contributed by atoms with Crippen molar-refractivity contribution in [2.75, 3.05) is 20.2 Å². The maximum atomic E-state index is 5.40. The molecule has 2 nitrogen and oxygen atoms in total. The zero-order valence-corrected chi connectivity index (χ0v) is 10.5. The van der Waals surface area contributed by atoms with Crippen molar-refractivity contribution in [1.82, 2.24) is 5.32 Å². The summed E-state index contributed by atoms with van der Waals surface area (Å²) in [5.74, 6) is 1.71. The minimum atomic E-state index is 0.678. The standard InChI is InChI=1S/C14H21NO/c1-10-7-13(8-11(2)14(10)16-3)12-5-4-6-15-9-12/h7-8,12,15H,4-6,9H2,1-3H3/t12-/m1/s1. The van der Waals surface area contributed by atoms with Gasteiger partial charge in [0.1, 0.15) is 5.75 Å². The summed E-state index contributed by atoms with van der Waals surface area (Å²) in [6.45, 7) is 6.55. The molecule has 0 saturated carbocycles. The zero-order valence-electron chi connectivity index (χ0n) is 10.5. The predicted octanol–water partition coefficient (Wildman–Crippen LogP) is 2.78. The number of methoxy groups -OCH3 is 1. The summed E-state index contributed by atoms with van der Waals surface area (Å²) in [6.07, 6.45) is 2.59. The summed E-state index contributed by atoms with van der Waals surface area (Å²) in [5.41, 5.74) is 3.97. The lowest BCUT2D eigenvalue weighted by Gasteiger charge is -2.24. The number of benzene rings is 1. The molecule has 88 valence electrons. The Morgan fingerprint density at radius 1 is 1.25 bits per heavy atom.